The van der Waals surface area contributed by atoms with Crippen LogP contribution in [0.3, 0.4) is 0 Å². The molecule has 0 aromatic heterocycles. The van der Waals surface area contributed by atoms with Gasteiger partial charge in [0.05, 0.1) is 6.04 Å². The first kappa shape index (κ1) is 17.8. The molecule has 0 aromatic rings. The molecule has 1 atom stereocenters. The second-order valence-corrected chi connectivity index (χ2v) is 4.68. The summed E-state index contributed by atoms with van der Waals surface area (Å²) in [7, 11) is 0. The van der Waals surface area contributed by atoms with Crippen molar-refractivity contribution in [1.29, 1.82) is 0 Å². The van der Waals surface area contributed by atoms with E-state index >= 15 is 0 Å². The summed E-state index contributed by atoms with van der Waals surface area (Å²) in [4.78, 5) is 32.7. The fourth-order valence-electron chi connectivity index (χ4n) is 1.74. The van der Waals surface area contributed by atoms with E-state index in [2.05, 4.69) is 5.32 Å². The van der Waals surface area contributed by atoms with Gasteiger partial charge in [-0.2, -0.15) is 0 Å². The van der Waals surface area contributed by atoms with Crippen LogP contribution in [0.2, 0.25) is 0 Å². The number of Topliss-reactive ketones (excluding diaryl/α,β-unsaturated/α-hetero) is 1. The van der Waals surface area contributed by atoms with Crippen LogP contribution in [0.5, 0.6) is 0 Å². The third-order valence-electron chi connectivity index (χ3n) is 3.00. The van der Waals surface area contributed by atoms with Crippen molar-refractivity contribution in [2.45, 2.75) is 64.3 Å². The van der Waals surface area contributed by atoms with Crippen LogP contribution in [0.1, 0.15) is 58.3 Å². The second-order valence-electron chi connectivity index (χ2n) is 4.68. The molecule has 0 saturated carbocycles. The van der Waals surface area contributed by atoms with Crippen molar-refractivity contribution in [3.63, 3.8) is 0 Å². The summed E-state index contributed by atoms with van der Waals surface area (Å²) < 4.78 is 0. The van der Waals surface area contributed by atoms with E-state index in [1.807, 2.05) is 0 Å². The van der Waals surface area contributed by atoms with Crippen molar-refractivity contribution >= 4 is 18.0 Å². The van der Waals surface area contributed by atoms with Crippen molar-refractivity contribution in [2.75, 3.05) is 6.54 Å². The van der Waals surface area contributed by atoms with E-state index in [9.17, 15) is 14.4 Å². The van der Waals surface area contributed by atoms with Crippen molar-refractivity contribution in [3.05, 3.63) is 0 Å². The second kappa shape index (κ2) is 11.8. The molecule has 0 rings (SSSR count). The van der Waals surface area contributed by atoms with Gasteiger partial charge in [-0.15, -0.1) is 0 Å². The number of carbonyl (C=O) groups excluding carboxylic acids is 3. The Hall–Kier alpha value is -1.23. The highest BCUT2D eigenvalue weighted by atomic mass is 16.1. The molecule has 0 saturated heterocycles. The maximum atomic E-state index is 11.4. The van der Waals surface area contributed by atoms with E-state index in [4.69, 9.17) is 5.73 Å². The summed E-state index contributed by atoms with van der Waals surface area (Å²) in [6, 6.07) is -0.378. The minimum absolute atomic E-state index is 0.0292. The first-order chi connectivity index (χ1) is 9.11. The largest absolute Gasteiger partial charge is 0.356 e. The quantitative estimate of drug-likeness (QED) is 0.413. The lowest BCUT2D eigenvalue weighted by atomic mass is 10.0. The molecule has 0 fully saturated rings. The van der Waals surface area contributed by atoms with E-state index in [-0.39, 0.29) is 17.7 Å². The number of aldehydes is 1. The molecular formula is C14H26N2O3. The average Bonchev–Trinajstić information content (AvgIpc) is 2.42. The third-order valence-corrected chi connectivity index (χ3v) is 3.00. The van der Waals surface area contributed by atoms with E-state index in [0.29, 0.717) is 32.2 Å². The van der Waals surface area contributed by atoms with E-state index in [1.165, 1.54) is 0 Å². The van der Waals surface area contributed by atoms with Crippen LogP contribution in [-0.2, 0) is 14.4 Å². The van der Waals surface area contributed by atoms with Crippen molar-refractivity contribution in [3.8, 4) is 0 Å². The van der Waals surface area contributed by atoms with Crippen molar-refractivity contribution < 1.29 is 14.4 Å². The number of hydrogen-bond acceptors (Lipinski definition) is 4. The summed E-state index contributed by atoms with van der Waals surface area (Å²) in [5.74, 6) is 0.112. The van der Waals surface area contributed by atoms with Crippen LogP contribution in [0.15, 0.2) is 0 Å². The molecule has 0 aliphatic heterocycles. The first-order valence-electron chi connectivity index (χ1n) is 7.10. The first-order valence-corrected chi connectivity index (χ1v) is 7.10. The van der Waals surface area contributed by atoms with Gasteiger partial charge in [-0.25, -0.2) is 0 Å². The number of nitrogens with two attached hydrogens (primary N) is 1. The molecular weight excluding hydrogens is 244 g/mol. The molecule has 0 spiro atoms. The SMILES string of the molecule is CCC(=O)C(N)CCCCC(=O)NCCCCC=O. The number of ketones is 1. The molecule has 110 valence electrons. The minimum Gasteiger partial charge on any atom is -0.356 e. The number of amides is 1. The Labute approximate surface area is 115 Å². The molecule has 5 nitrogen and oxygen atoms in total. The number of unbranched alkanes of at least 4 members (excludes halogenated alkanes) is 3. The van der Waals surface area contributed by atoms with Gasteiger partial charge in [0.1, 0.15) is 12.1 Å². The number of nitrogens with one attached hydrogen (secondary N) is 1. The zero-order valence-electron chi connectivity index (χ0n) is 11.8. The average molecular weight is 270 g/mol. The van der Waals surface area contributed by atoms with Gasteiger partial charge in [0.2, 0.25) is 5.91 Å². The summed E-state index contributed by atoms with van der Waals surface area (Å²) >= 11 is 0. The van der Waals surface area contributed by atoms with Crippen LogP contribution >= 0.6 is 0 Å². The number of rotatable bonds is 12. The van der Waals surface area contributed by atoms with Gasteiger partial charge in [0.25, 0.3) is 0 Å². The molecule has 0 bridgehead atoms. The Morgan fingerprint density at radius 2 is 1.95 bits per heavy atom. The minimum atomic E-state index is -0.378. The fraction of sp³-hybridized carbons (Fsp3) is 0.786. The van der Waals surface area contributed by atoms with Gasteiger partial charge in [-0.3, -0.25) is 9.59 Å². The maximum Gasteiger partial charge on any atom is 0.219 e. The van der Waals surface area contributed by atoms with Gasteiger partial charge in [0.15, 0.2) is 0 Å². The van der Waals surface area contributed by atoms with Crippen molar-refractivity contribution in [2.24, 2.45) is 5.73 Å². The molecule has 0 heterocycles. The third kappa shape index (κ3) is 10.4. The molecule has 1 unspecified atom stereocenters. The Morgan fingerprint density at radius 1 is 1.21 bits per heavy atom. The summed E-state index contributed by atoms with van der Waals surface area (Å²) in [6.45, 7) is 2.43. The monoisotopic (exact) mass is 270 g/mol. The highest BCUT2D eigenvalue weighted by Crippen LogP contribution is 2.04. The van der Waals surface area contributed by atoms with E-state index in [0.717, 1.165) is 32.0 Å². The molecule has 0 aromatic carbocycles. The fourth-order valence-corrected chi connectivity index (χ4v) is 1.74. The zero-order valence-corrected chi connectivity index (χ0v) is 11.8. The van der Waals surface area contributed by atoms with Crippen molar-refractivity contribution in [1.82, 2.24) is 5.32 Å². The van der Waals surface area contributed by atoms with Gasteiger partial charge < -0.3 is 15.8 Å². The van der Waals surface area contributed by atoms with E-state index in [1.54, 1.807) is 6.92 Å². The lowest BCUT2D eigenvalue weighted by molar-refractivity contribution is -0.121. The maximum absolute atomic E-state index is 11.4. The topological polar surface area (TPSA) is 89.3 Å². The summed E-state index contributed by atoms with van der Waals surface area (Å²) in [5.41, 5.74) is 5.69. The van der Waals surface area contributed by atoms with Crippen LogP contribution in [0.4, 0.5) is 0 Å². The van der Waals surface area contributed by atoms with Gasteiger partial charge in [-0.1, -0.05) is 13.3 Å². The molecule has 0 aliphatic rings. The molecule has 1 amide bonds. The molecule has 19 heavy (non-hydrogen) atoms. The number of carbonyl (C=O) groups is 3. The van der Waals surface area contributed by atoms with E-state index < -0.39 is 0 Å². The Kier molecular flexibility index (Phi) is 11.1. The molecule has 0 radical (unpaired) electrons. The predicted octanol–water partition coefficient (Wildman–Crippen LogP) is 1.34. The predicted molar refractivity (Wildman–Crippen MR) is 74.7 cm³/mol. The van der Waals surface area contributed by atoms with Gasteiger partial charge in [0, 0.05) is 25.8 Å². The molecule has 0 aliphatic carbocycles. The Balaban J connectivity index is 3.43. The normalized spacial score (nSPS) is 11.9. The zero-order chi connectivity index (χ0) is 14.5. The lowest BCUT2D eigenvalue weighted by Crippen LogP contribution is -2.29. The highest BCUT2D eigenvalue weighted by Gasteiger charge is 2.10. The smallest absolute Gasteiger partial charge is 0.219 e. The van der Waals surface area contributed by atoms with Crippen LogP contribution < -0.4 is 11.1 Å². The lowest BCUT2D eigenvalue weighted by Gasteiger charge is -2.09. The summed E-state index contributed by atoms with van der Waals surface area (Å²) in [5, 5.41) is 2.81. The Morgan fingerprint density at radius 3 is 2.58 bits per heavy atom. The van der Waals surface area contributed by atoms with Crippen LogP contribution in [-0.4, -0.2) is 30.6 Å². The van der Waals surface area contributed by atoms with Crippen LogP contribution in [0, 0.1) is 0 Å². The molecule has 5 heteroatoms. The Bertz CT molecular complexity index is 280. The molecule has 3 N–H and O–H groups in total. The standard InChI is InChI=1S/C14H26N2O3/c1-2-13(18)12(15)8-4-5-9-14(19)16-10-6-3-7-11-17/h11-12H,2-10,15H2,1H3,(H,16,19). The van der Waals surface area contributed by atoms with Gasteiger partial charge in [-0.05, 0) is 25.7 Å². The van der Waals surface area contributed by atoms with Crippen LogP contribution in [0.25, 0.3) is 0 Å². The summed E-state index contributed by atoms with van der Waals surface area (Å²) in [6.07, 6.45) is 6.25. The highest BCUT2D eigenvalue weighted by molar-refractivity contribution is 5.83. The van der Waals surface area contributed by atoms with Gasteiger partial charge >= 0.3 is 0 Å². The number of hydrogen-bond donors (Lipinski definition) is 2.